The van der Waals surface area contributed by atoms with Gasteiger partial charge in [-0.25, -0.2) is 13.2 Å². The van der Waals surface area contributed by atoms with Gasteiger partial charge < -0.3 is 19.7 Å². The molecule has 1 heterocycles. The molecular formula is C19H22N2O5S. The summed E-state index contributed by atoms with van der Waals surface area (Å²) in [7, 11) is -1.70. The van der Waals surface area contributed by atoms with E-state index in [-0.39, 0.29) is 17.0 Å². The molecule has 1 aliphatic rings. The Morgan fingerprint density at radius 2 is 1.93 bits per heavy atom. The maximum absolute atomic E-state index is 12.5. The molecule has 2 aromatic carbocycles. The van der Waals surface area contributed by atoms with E-state index in [9.17, 15) is 13.2 Å². The molecule has 1 unspecified atom stereocenters. The van der Waals surface area contributed by atoms with E-state index in [4.69, 9.17) is 9.47 Å². The molecule has 0 radical (unpaired) electrons. The summed E-state index contributed by atoms with van der Waals surface area (Å²) < 4.78 is 35.0. The number of amides is 2. The van der Waals surface area contributed by atoms with Gasteiger partial charge in [-0.2, -0.15) is 0 Å². The fourth-order valence-corrected chi connectivity index (χ4v) is 3.37. The van der Waals surface area contributed by atoms with Gasteiger partial charge in [-0.1, -0.05) is 18.2 Å². The van der Waals surface area contributed by atoms with Crippen LogP contribution < -0.4 is 14.8 Å². The number of carbonyl (C=O) groups is 1. The quantitative estimate of drug-likeness (QED) is 0.868. The van der Waals surface area contributed by atoms with Gasteiger partial charge >= 0.3 is 6.03 Å². The van der Waals surface area contributed by atoms with Crippen molar-refractivity contribution in [2.24, 2.45) is 0 Å². The Hall–Kier alpha value is -2.74. The molecule has 8 heteroatoms. The van der Waals surface area contributed by atoms with Crippen molar-refractivity contribution < 1.29 is 22.7 Å². The van der Waals surface area contributed by atoms with E-state index in [1.807, 2.05) is 24.3 Å². The lowest BCUT2D eigenvalue weighted by Crippen LogP contribution is -2.43. The van der Waals surface area contributed by atoms with Crippen molar-refractivity contribution in [2.45, 2.75) is 17.9 Å². The number of hydrogen-bond acceptors (Lipinski definition) is 5. The number of carbonyl (C=O) groups excluding carboxylic acids is 1. The topological polar surface area (TPSA) is 84.9 Å². The molecule has 0 aliphatic carbocycles. The van der Waals surface area contributed by atoms with Crippen LogP contribution >= 0.6 is 0 Å². The fourth-order valence-electron chi connectivity index (χ4n) is 2.72. The molecule has 2 amide bonds. The molecule has 144 valence electrons. The first kappa shape index (κ1) is 19.0. The number of hydrogen-bond donors (Lipinski definition) is 1. The third-order valence-electron chi connectivity index (χ3n) is 4.27. The number of benzene rings is 2. The highest BCUT2D eigenvalue weighted by atomic mass is 32.2. The highest BCUT2D eigenvalue weighted by Crippen LogP contribution is 2.31. The predicted molar refractivity (Wildman–Crippen MR) is 102 cm³/mol. The number of sulfone groups is 1. The number of nitrogens with zero attached hydrogens (tertiary/aromatic N) is 1. The van der Waals surface area contributed by atoms with E-state index < -0.39 is 9.84 Å². The molecule has 0 saturated heterocycles. The number of likely N-dealkylation sites (N-methyl/N-ethyl adjacent to an activating group) is 1. The molecule has 1 atom stereocenters. The normalized spacial score (nSPS) is 15.9. The highest BCUT2D eigenvalue weighted by Gasteiger charge is 2.24. The van der Waals surface area contributed by atoms with E-state index in [2.05, 4.69) is 5.32 Å². The van der Waals surface area contributed by atoms with Crippen molar-refractivity contribution in [2.75, 3.05) is 31.8 Å². The minimum Gasteiger partial charge on any atom is -0.486 e. The van der Waals surface area contributed by atoms with E-state index in [1.54, 1.807) is 20.0 Å². The summed E-state index contributed by atoms with van der Waals surface area (Å²) in [6.07, 6.45) is 0.840. The van der Waals surface area contributed by atoms with Gasteiger partial charge in [0.15, 0.2) is 27.4 Å². The van der Waals surface area contributed by atoms with Gasteiger partial charge in [0.1, 0.15) is 6.61 Å². The molecule has 0 bridgehead atoms. The van der Waals surface area contributed by atoms with Crippen molar-refractivity contribution in [3.63, 3.8) is 0 Å². The lowest BCUT2D eigenvalue weighted by molar-refractivity contribution is 0.0731. The maximum atomic E-state index is 12.5. The second kappa shape index (κ2) is 7.48. The Morgan fingerprint density at radius 3 is 2.63 bits per heavy atom. The second-order valence-electron chi connectivity index (χ2n) is 6.56. The average Bonchev–Trinajstić information content (AvgIpc) is 2.62. The van der Waals surface area contributed by atoms with Gasteiger partial charge in [0, 0.05) is 19.0 Å². The Bertz CT molecular complexity index is 958. The van der Waals surface area contributed by atoms with Crippen LogP contribution in [0, 0.1) is 6.92 Å². The van der Waals surface area contributed by atoms with Gasteiger partial charge in [-0.15, -0.1) is 0 Å². The van der Waals surface area contributed by atoms with Gasteiger partial charge in [0.05, 0.1) is 11.4 Å². The Kier molecular flexibility index (Phi) is 5.27. The Morgan fingerprint density at radius 1 is 1.22 bits per heavy atom. The molecular weight excluding hydrogens is 368 g/mol. The van der Waals surface area contributed by atoms with Crippen LogP contribution in [0.5, 0.6) is 11.5 Å². The molecule has 7 nitrogen and oxygen atoms in total. The van der Waals surface area contributed by atoms with Gasteiger partial charge in [-0.3, -0.25) is 0 Å². The van der Waals surface area contributed by atoms with E-state index in [0.29, 0.717) is 30.3 Å². The number of ether oxygens (including phenoxy) is 2. The van der Waals surface area contributed by atoms with Gasteiger partial charge in [0.25, 0.3) is 0 Å². The number of rotatable bonds is 4. The first-order chi connectivity index (χ1) is 12.7. The summed E-state index contributed by atoms with van der Waals surface area (Å²) in [6, 6.07) is 11.7. The third-order valence-corrected chi connectivity index (χ3v) is 5.38. The third kappa shape index (κ3) is 4.51. The second-order valence-corrected chi connectivity index (χ2v) is 8.57. The van der Waals surface area contributed by atoms with Crippen molar-refractivity contribution in [1.82, 2.24) is 4.90 Å². The zero-order valence-corrected chi connectivity index (χ0v) is 16.2. The first-order valence-corrected chi connectivity index (χ1v) is 10.3. The SMILES string of the molecule is Cc1ccc(S(C)(=O)=O)cc1NC(=O)N(C)CC1COc2ccccc2O1. The molecule has 27 heavy (non-hydrogen) atoms. The number of urea groups is 1. The van der Waals surface area contributed by atoms with Crippen molar-refractivity contribution in [3.05, 3.63) is 48.0 Å². The van der Waals surface area contributed by atoms with Crippen LogP contribution in [0.25, 0.3) is 0 Å². The van der Waals surface area contributed by atoms with Gasteiger partial charge in [-0.05, 0) is 36.8 Å². The summed E-state index contributed by atoms with van der Waals surface area (Å²) >= 11 is 0. The smallest absolute Gasteiger partial charge is 0.321 e. The predicted octanol–water partition coefficient (Wildman–Crippen LogP) is 2.70. The summed E-state index contributed by atoms with van der Waals surface area (Å²) in [4.78, 5) is 14.2. The number of nitrogens with one attached hydrogen (secondary N) is 1. The lowest BCUT2D eigenvalue weighted by Gasteiger charge is -2.29. The van der Waals surface area contributed by atoms with Crippen molar-refractivity contribution in [1.29, 1.82) is 0 Å². The minimum absolute atomic E-state index is 0.159. The summed E-state index contributed by atoms with van der Waals surface area (Å²) in [5.74, 6) is 1.34. The molecule has 0 aromatic heterocycles. The molecule has 0 saturated carbocycles. The average molecular weight is 390 g/mol. The van der Waals surface area contributed by atoms with Crippen LogP contribution in [0.15, 0.2) is 47.4 Å². The zero-order chi connectivity index (χ0) is 19.6. The maximum Gasteiger partial charge on any atom is 0.321 e. The van der Waals surface area contributed by atoms with Crippen molar-refractivity contribution in [3.8, 4) is 11.5 Å². The van der Waals surface area contributed by atoms with Crippen LogP contribution in [-0.2, 0) is 9.84 Å². The largest absolute Gasteiger partial charge is 0.486 e. The number of para-hydroxylation sites is 2. The standard InChI is InChI=1S/C19H22N2O5S/c1-13-8-9-15(27(3,23)24)10-16(13)20-19(22)21(2)11-14-12-25-17-6-4-5-7-18(17)26-14/h4-10,14H,11-12H2,1-3H3,(H,20,22). The molecule has 1 N–H and O–H groups in total. The summed E-state index contributed by atoms with van der Waals surface area (Å²) in [6.45, 7) is 2.47. The van der Waals surface area contributed by atoms with Crippen LogP contribution in [0.2, 0.25) is 0 Å². The molecule has 3 rings (SSSR count). The van der Waals surface area contributed by atoms with Crippen LogP contribution in [0.3, 0.4) is 0 Å². The van der Waals surface area contributed by atoms with Crippen LogP contribution in [-0.4, -0.2) is 51.9 Å². The molecule has 0 fully saturated rings. The minimum atomic E-state index is -3.35. The Balaban J connectivity index is 1.65. The van der Waals surface area contributed by atoms with Crippen LogP contribution in [0.4, 0.5) is 10.5 Å². The molecule has 1 aliphatic heterocycles. The fraction of sp³-hybridized carbons (Fsp3) is 0.316. The van der Waals surface area contributed by atoms with E-state index >= 15 is 0 Å². The van der Waals surface area contributed by atoms with Gasteiger partial charge in [0.2, 0.25) is 0 Å². The summed E-state index contributed by atoms with van der Waals surface area (Å²) in [5, 5.41) is 2.76. The van der Waals surface area contributed by atoms with E-state index in [0.717, 1.165) is 11.8 Å². The monoisotopic (exact) mass is 390 g/mol. The Labute approximate surface area is 158 Å². The molecule has 0 spiro atoms. The van der Waals surface area contributed by atoms with Crippen LogP contribution in [0.1, 0.15) is 5.56 Å². The lowest BCUT2D eigenvalue weighted by atomic mass is 10.2. The zero-order valence-electron chi connectivity index (χ0n) is 15.4. The molecule has 2 aromatic rings. The number of anilines is 1. The van der Waals surface area contributed by atoms with E-state index in [1.165, 1.54) is 17.0 Å². The summed E-state index contributed by atoms with van der Waals surface area (Å²) in [5.41, 5.74) is 1.23. The van der Waals surface area contributed by atoms with Crippen molar-refractivity contribution >= 4 is 21.6 Å². The highest BCUT2D eigenvalue weighted by molar-refractivity contribution is 7.90. The number of fused-ring (bicyclic) bond motifs is 1. The first-order valence-electron chi connectivity index (χ1n) is 8.45. The number of aryl methyl sites for hydroxylation is 1.